The van der Waals surface area contributed by atoms with Gasteiger partial charge in [0.2, 0.25) is 5.95 Å². The molecule has 0 saturated heterocycles. The molecule has 0 aliphatic carbocycles. The summed E-state index contributed by atoms with van der Waals surface area (Å²) in [6.45, 7) is 3.41. The van der Waals surface area contributed by atoms with Crippen LogP contribution in [0.3, 0.4) is 0 Å². The van der Waals surface area contributed by atoms with Crippen LogP contribution >= 0.6 is 0 Å². The van der Waals surface area contributed by atoms with E-state index >= 15 is 0 Å². The van der Waals surface area contributed by atoms with Crippen molar-refractivity contribution in [1.82, 2.24) is 19.7 Å². The molecule has 0 spiro atoms. The predicted octanol–water partition coefficient (Wildman–Crippen LogP) is 5.60. The smallest absolute Gasteiger partial charge is 0.208 e. The van der Waals surface area contributed by atoms with E-state index in [1.54, 1.807) is 25.3 Å². The van der Waals surface area contributed by atoms with Crippen LogP contribution in [0.25, 0.3) is 22.3 Å². The van der Waals surface area contributed by atoms with Crippen molar-refractivity contribution in [3.8, 4) is 22.8 Å². The largest absolute Gasteiger partial charge is 0.457 e. The monoisotopic (exact) mass is 453 g/mol. The highest BCUT2D eigenvalue weighted by molar-refractivity contribution is 5.84. The van der Waals surface area contributed by atoms with Gasteiger partial charge in [-0.3, -0.25) is 9.78 Å². The van der Waals surface area contributed by atoms with Crippen LogP contribution in [0.2, 0.25) is 0 Å². The van der Waals surface area contributed by atoms with Gasteiger partial charge in [0.25, 0.3) is 0 Å². The Hall–Kier alpha value is -4.46. The molecule has 8 heteroatoms. The van der Waals surface area contributed by atoms with E-state index in [-0.39, 0.29) is 12.2 Å². The van der Waals surface area contributed by atoms with E-state index in [9.17, 15) is 4.79 Å². The second-order valence-corrected chi connectivity index (χ2v) is 8.06. The Balaban J connectivity index is 1.43. The number of fused-ring (bicyclic) bond motifs is 1. The van der Waals surface area contributed by atoms with Crippen LogP contribution in [-0.2, 0) is 18.3 Å². The molecule has 5 rings (SSSR count). The summed E-state index contributed by atoms with van der Waals surface area (Å²) in [7, 11) is 1.94. The number of ether oxygens (including phenoxy) is 1. The van der Waals surface area contributed by atoms with Crippen molar-refractivity contribution in [3.05, 3.63) is 78.3 Å². The van der Waals surface area contributed by atoms with E-state index in [0.29, 0.717) is 28.9 Å². The highest BCUT2D eigenvalue weighted by Gasteiger charge is 2.18. The zero-order valence-corrected chi connectivity index (χ0v) is 19.1. The van der Waals surface area contributed by atoms with Gasteiger partial charge in [-0.1, -0.05) is 35.5 Å². The first-order valence-electron chi connectivity index (χ1n) is 10.9. The highest BCUT2D eigenvalue weighted by atomic mass is 16.5. The van der Waals surface area contributed by atoms with Crippen molar-refractivity contribution in [3.63, 3.8) is 0 Å². The number of pyridine rings is 1. The molecule has 0 amide bonds. The molecule has 0 atom stereocenters. The van der Waals surface area contributed by atoms with Crippen molar-refractivity contribution < 1.29 is 14.1 Å². The molecule has 34 heavy (non-hydrogen) atoms. The number of hydrogen-bond acceptors (Lipinski definition) is 7. The van der Waals surface area contributed by atoms with Gasteiger partial charge >= 0.3 is 0 Å². The van der Waals surface area contributed by atoms with Crippen LogP contribution in [0.5, 0.6) is 11.5 Å². The van der Waals surface area contributed by atoms with Crippen LogP contribution < -0.4 is 10.1 Å². The van der Waals surface area contributed by atoms with Gasteiger partial charge in [-0.25, -0.2) is 4.98 Å². The standard InChI is InChI=1S/C26H23N5O3/c1-16(32)13-19-14-21(11-12-27-19)33-20-9-10-23-22(15-20)28-26(31(23)3)29-24-17(2)34-30-25(24)18-7-5-4-6-8-18/h4-12,14-15H,13H2,1-3H3,(H,28,29). The van der Waals surface area contributed by atoms with Crippen molar-refractivity contribution in [2.45, 2.75) is 20.3 Å². The van der Waals surface area contributed by atoms with Crippen molar-refractivity contribution in [1.29, 1.82) is 0 Å². The molecule has 0 bridgehead atoms. The average Bonchev–Trinajstić information content (AvgIpc) is 3.33. The van der Waals surface area contributed by atoms with Gasteiger partial charge in [-0.05, 0) is 32.0 Å². The van der Waals surface area contributed by atoms with Crippen molar-refractivity contribution in [2.24, 2.45) is 7.05 Å². The average molecular weight is 454 g/mol. The number of nitrogens with zero attached hydrogens (tertiary/aromatic N) is 4. The topological polar surface area (TPSA) is 95.1 Å². The minimum absolute atomic E-state index is 0.0538. The minimum atomic E-state index is 0.0538. The van der Waals surface area contributed by atoms with E-state index in [4.69, 9.17) is 14.2 Å². The number of aryl methyl sites for hydroxylation is 2. The lowest BCUT2D eigenvalue weighted by Gasteiger charge is -2.07. The fourth-order valence-corrected chi connectivity index (χ4v) is 3.79. The van der Waals surface area contributed by atoms with E-state index in [2.05, 4.69) is 15.5 Å². The molecule has 2 aromatic carbocycles. The number of hydrogen-bond donors (Lipinski definition) is 1. The number of ketones is 1. The molecular weight excluding hydrogens is 430 g/mol. The predicted molar refractivity (Wildman–Crippen MR) is 129 cm³/mol. The van der Waals surface area contributed by atoms with E-state index < -0.39 is 0 Å². The number of rotatable bonds is 7. The Labute approximate surface area is 196 Å². The van der Waals surface area contributed by atoms with E-state index in [1.165, 1.54) is 0 Å². The van der Waals surface area contributed by atoms with Crippen molar-refractivity contribution >= 4 is 28.5 Å². The van der Waals surface area contributed by atoms with Crippen LogP contribution in [-0.4, -0.2) is 25.5 Å². The zero-order valence-electron chi connectivity index (χ0n) is 19.1. The van der Waals surface area contributed by atoms with Crippen molar-refractivity contribution in [2.75, 3.05) is 5.32 Å². The normalized spacial score (nSPS) is 11.0. The molecular formula is C26H23N5O3. The molecule has 170 valence electrons. The Kier molecular flexibility index (Phi) is 5.55. The Morgan fingerprint density at radius 1 is 1.09 bits per heavy atom. The number of carbonyl (C=O) groups excluding carboxylic acids is 1. The maximum absolute atomic E-state index is 11.4. The Morgan fingerprint density at radius 3 is 2.68 bits per heavy atom. The zero-order chi connectivity index (χ0) is 23.7. The van der Waals surface area contributed by atoms with Crippen LogP contribution in [0.4, 0.5) is 11.6 Å². The molecule has 0 fully saturated rings. The minimum Gasteiger partial charge on any atom is -0.457 e. The first kappa shape index (κ1) is 21.4. The summed E-state index contributed by atoms with van der Waals surface area (Å²) in [6.07, 6.45) is 1.92. The van der Waals surface area contributed by atoms with Crippen LogP contribution in [0.1, 0.15) is 18.4 Å². The number of benzene rings is 2. The molecule has 3 heterocycles. The second kappa shape index (κ2) is 8.82. The lowest BCUT2D eigenvalue weighted by atomic mass is 10.1. The molecule has 0 saturated carbocycles. The number of imidazole rings is 1. The molecule has 0 radical (unpaired) electrons. The third kappa shape index (κ3) is 4.25. The fourth-order valence-electron chi connectivity index (χ4n) is 3.79. The first-order chi connectivity index (χ1) is 16.5. The Bertz CT molecular complexity index is 1490. The van der Waals surface area contributed by atoms with E-state index in [0.717, 1.165) is 28.0 Å². The van der Waals surface area contributed by atoms with E-state index in [1.807, 2.05) is 67.1 Å². The van der Waals surface area contributed by atoms with Gasteiger partial charge in [0, 0.05) is 37.4 Å². The molecule has 3 aromatic heterocycles. The number of nitrogens with one attached hydrogen (secondary N) is 1. The Morgan fingerprint density at radius 2 is 1.88 bits per heavy atom. The molecule has 0 aliphatic rings. The quantitative estimate of drug-likeness (QED) is 0.343. The lowest BCUT2D eigenvalue weighted by Crippen LogP contribution is -2.00. The summed E-state index contributed by atoms with van der Waals surface area (Å²) in [5, 5.41) is 7.62. The van der Waals surface area contributed by atoms with Gasteiger partial charge in [0.05, 0.1) is 16.7 Å². The van der Waals surface area contributed by atoms with Gasteiger partial charge in [-0.15, -0.1) is 0 Å². The fraction of sp³-hybridized carbons (Fsp3) is 0.154. The van der Waals surface area contributed by atoms with Gasteiger partial charge < -0.3 is 19.1 Å². The number of anilines is 2. The highest BCUT2D eigenvalue weighted by Crippen LogP contribution is 2.33. The summed E-state index contributed by atoms with van der Waals surface area (Å²) in [4.78, 5) is 20.4. The number of carbonyl (C=O) groups is 1. The summed E-state index contributed by atoms with van der Waals surface area (Å²) in [5.74, 6) is 2.64. The maximum Gasteiger partial charge on any atom is 0.208 e. The lowest BCUT2D eigenvalue weighted by molar-refractivity contribution is -0.116. The third-order valence-corrected chi connectivity index (χ3v) is 5.45. The number of aromatic nitrogens is 4. The molecule has 5 aromatic rings. The molecule has 0 unspecified atom stereocenters. The summed E-state index contributed by atoms with van der Waals surface area (Å²) >= 11 is 0. The summed E-state index contributed by atoms with van der Waals surface area (Å²) in [5.41, 5.74) is 4.85. The first-order valence-corrected chi connectivity index (χ1v) is 10.9. The molecule has 0 aliphatic heterocycles. The summed E-state index contributed by atoms with van der Waals surface area (Å²) < 4.78 is 13.4. The summed E-state index contributed by atoms with van der Waals surface area (Å²) in [6, 6.07) is 19.1. The second-order valence-electron chi connectivity index (χ2n) is 8.06. The SMILES string of the molecule is CC(=O)Cc1cc(Oc2ccc3c(c2)nc(Nc2c(-c4ccccc4)noc2C)n3C)ccn1. The molecule has 8 nitrogen and oxygen atoms in total. The van der Waals surface area contributed by atoms with Crippen LogP contribution in [0, 0.1) is 6.92 Å². The maximum atomic E-state index is 11.4. The van der Waals surface area contributed by atoms with Crippen LogP contribution in [0.15, 0.2) is 71.4 Å². The van der Waals surface area contributed by atoms with Gasteiger partial charge in [0.15, 0.2) is 5.76 Å². The van der Waals surface area contributed by atoms with Gasteiger partial charge in [0.1, 0.15) is 28.7 Å². The number of Topliss-reactive ketones (excluding diaryl/α,β-unsaturated/α-hetero) is 1. The molecule has 1 N–H and O–H groups in total. The van der Waals surface area contributed by atoms with Gasteiger partial charge in [-0.2, -0.15) is 0 Å². The third-order valence-electron chi connectivity index (χ3n) is 5.45.